The standard InChI is InChI=1S/C28H27BrN8O3/c1-14-5-6-23(29)33-26(14)34-27(40)20-8-28(4)9-22(28)37(20)24(39)13-36-21-12-32-19(17-10-30-16(3)31-11-17)7-18(21)25(35-36)15(2)38/h5-7,10-12,20,22H,8-9,13H2,1-4H3,(H,33,34,40)/t20-,22+,28-/m0/s1. The van der Waals surface area contributed by atoms with Crippen LogP contribution in [0.15, 0.2) is 41.4 Å². The Morgan fingerprint density at radius 2 is 1.85 bits per heavy atom. The molecule has 1 saturated heterocycles. The fraction of sp³-hybridized carbons (Fsp3) is 0.357. The molecule has 2 amide bonds. The highest BCUT2D eigenvalue weighted by molar-refractivity contribution is 9.10. The highest BCUT2D eigenvalue weighted by Crippen LogP contribution is 2.59. The number of anilines is 1. The van der Waals surface area contributed by atoms with Crippen molar-refractivity contribution in [3.8, 4) is 11.3 Å². The summed E-state index contributed by atoms with van der Waals surface area (Å²) in [6.07, 6.45) is 6.37. The highest BCUT2D eigenvalue weighted by atomic mass is 79.9. The molecule has 40 heavy (non-hydrogen) atoms. The van der Waals surface area contributed by atoms with Crippen LogP contribution in [0.25, 0.3) is 22.2 Å². The van der Waals surface area contributed by atoms with Gasteiger partial charge in [-0.2, -0.15) is 5.10 Å². The molecule has 1 N–H and O–H groups in total. The monoisotopic (exact) mass is 602 g/mol. The molecule has 4 aromatic heterocycles. The Balaban J connectivity index is 1.29. The normalized spacial score (nSPS) is 21.4. The van der Waals surface area contributed by atoms with Crippen LogP contribution in [-0.2, 0) is 16.1 Å². The number of nitrogens with one attached hydrogen (secondary N) is 1. The van der Waals surface area contributed by atoms with Gasteiger partial charge in [0, 0.05) is 36.3 Å². The topological polar surface area (TPSA) is 136 Å². The predicted octanol–water partition coefficient (Wildman–Crippen LogP) is 3.88. The van der Waals surface area contributed by atoms with Gasteiger partial charge in [0.15, 0.2) is 5.78 Å². The second-order valence-corrected chi connectivity index (χ2v) is 11.7. The van der Waals surface area contributed by atoms with Crippen molar-refractivity contribution < 1.29 is 14.4 Å². The zero-order valence-electron chi connectivity index (χ0n) is 22.5. The summed E-state index contributed by atoms with van der Waals surface area (Å²) in [5.41, 5.74) is 2.85. The van der Waals surface area contributed by atoms with E-state index in [1.807, 2.05) is 19.1 Å². The molecule has 1 saturated carbocycles. The predicted molar refractivity (Wildman–Crippen MR) is 150 cm³/mol. The summed E-state index contributed by atoms with van der Waals surface area (Å²) >= 11 is 3.35. The van der Waals surface area contributed by atoms with Crippen molar-refractivity contribution in [2.75, 3.05) is 5.32 Å². The van der Waals surface area contributed by atoms with Crippen molar-refractivity contribution in [1.82, 2.24) is 34.6 Å². The second kappa shape index (κ2) is 9.54. The van der Waals surface area contributed by atoms with Crippen LogP contribution < -0.4 is 5.32 Å². The second-order valence-electron chi connectivity index (χ2n) is 10.9. The molecule has 12 heteroatoms. The summed E-state index contributed by atoms with van der Waals surface area (Å²) in [5.74, 6) is 0.378. The number of rotatable bonds is 6. The number of halogens is 1. The lowest BCUT2D eigenvalue weighted by atomic mass is 10.0. The number of Topliss-reactive ketones (excluding diaryl/α,β-unsaturated/α-hetero) is 1. The first-order valence-electron chi connectivity index (χ1n) is 13.0. The Hall–Kier alpha value is -4.06. The number of piperidine rings is 1. The Labute approximate surface area is 238 Å². The molecule has 1 aliphatic carbocycles. The zero-order chi connectivity index (χ0) is 28.3. The van der Waals surface area contributed by atoms with Gasteiger partial charge in [0.05, 0.1) is 17.4 Å². The van der Waals surface area contributed by atoms with Crippen LogP contribution in [0.5, 0.6) is 0 Å². The van der Waals surface area contributed by atoms with E-state index in [0.717, 1.165) is 12.0 Å². The molecule has 6 rings (SSSR count). The van der Waals surface area contributed by atoms with Crippen LogP contribution in [-0.4, -0.2) is 64.3 Å². The van der Waals surface area contributed by atoms with Crippen LogP contribution in [0.3, 0.4) is 0 Å². The third-order valence-electron chi connectivity index (χ3n) is 7.86. The fourth-order valence-corrected chi connectivity index (χ4v) is 5.85. The van der Waals surface area contributed by atoms with Crippen LogP contribution in [0.1, 0.15) is 48.6 Å². The third-order valence-corrected chi connectivity index (χ3v) is 8.30. The first kappa shape index (κ1) is 26.2. The Bertz CT molecular complexity index is 1700. The van der Waals surface area contributed by atoms with Crippen molar-refractivity contribution >= 4 is 50.2 Å². The van der Waals surface area contributed by atoms with Crippen molar-refractivity contribution in [3.63, 3.8) is 0 Å². The molecule has 0 radical (unpaired) electrons. The summed E-state index contributed by atoms with van der Waals surface area (Å²) in [4.78, 5) is 58.7. The van der Waals surface area contributed by atoms with Crippen LogP contribution in [0.2, 0.25) is 0 Å². The molecule has 0 spiro atoms. The average Bonchev–Trinajstić information content (AvgIpc) is 3.28. The summed E-state index contributed by atoms with van der Waals surface area (Å²) in [5, 5.41) is 8.00. The van der Waals surface area contributed by atoms with Gasteiger partial charge in [-0.1, -0.05) is 13.0 Å². The number of aromatic nitrogens is 6. The number of ketones is 1. The van der Waals surface area contributed by atoms with E-state index in [-0.39, 0.29) is 41.3 Å². The number of nitrogens with zero attached hydrogens (tertiary/aromatic N) is 7. The molecule has 204 valence electrons. The van der Waals surface area contributed by atoms with Crippen LogP contribution in [0, 0.1) is 19.3 Å². The van der Waals surface area contributed by atoms with E-state index in [4.69, 9.17) is 0 Å². The number of carbonyl (C=O) groups is 3. The van der Waals surface area contributed by atoms with Gasteiger partial charge in [0.25, 0.3) is 0 Å². The molecule has 0 bridgehead atoms. The molecule has 1 aliphatic heterocycles. The van der Waals surface area contributed by atoms with Gasteiger partial charge in [-0.25, -0.2) is 15.0 Å². The lowest BCUT2D eigenvalue weighted by Gasteiger charge is -2.27. The van der Waals surface area contributed by atoms with Crippen molar-refractivity contribution in [1.29, 1.82) is 0 Å². The molecule has 4 aromatic rings. The van der Waals surface area contributed by atoms with Gasteiger partial charge in [0.1, 0.15) is 34.5 Å². The summed E-state index contributed by atoms with van der Waals surface area (Å²) in [6, 6.07) is 4.79. The highest BCUT2D eigenvalue weighted by Gasteiger charge is 2.64. The molecule has 0 aromatic carbocycles. The van der Waals surface area contributed by atoms with E-state index in [0.29, 0.717) is 44.8 Å². The summed E-state index contributed by atoms with van der Waals surface area (Å²) in [7, 11) is 0. The number of fused-ring (bicyclic) bond motifs is 2. The van der Waals surface area contributed by atoms with E-state index in [2.05, 4.69) is 53.2 Å². The fourth-order valence-electron chi connectivity index (χ4n) is 5.54. The molecule has 2 fully saturated rings. The molecule has 3 atom stereocenters. The van der Waals surface area contributed by atoms with Gasteiger partial charge in [-0.05, 0) is 65.7 Å². The molecule has 2 aliphatic rings. The van der Waals surface area contributed by atoms with Crippen molar-refractivity contribution in [2.45, 2.75) is 59.2 Å². The first-order valence-corrected chi connectivity index (χ1v) is 13.7. The van der Waals surface area contributed by atoms with Gasteiger partial charge in [-0.3, -0.25) is 24.0 Å². The van der Waals surface area contributed by atoms with Gasteiger partial charge < -0.3 is 10.2 Å². The minimum absolute atomic E-state index is 0.0207. The number of likely N-dealkylation sites (tertiary alicyclic amines) is 1. The Morgan fingerprint density at radius 3 is 2.58 bits per heavy atom. The van der Waals surface area contributed by atoms with Gasteiger partial charge in [-0.15, -0.1) is 0 Å². The molecule has 0 unspecified atom stereocenters. The third kappa shape index (κ3) is 4.55. The first-order chi connectivity index (χ1) is 19.0. The van der Waals surface area contributed by atoms with Crippen LogP contribution >= 0.6 is 15.9 Å². The van der Waals surface area contributed by atoms with Crippen LogP contribution in [0.4, 0.5) is 5.82 Å². The number of carbonyl (C=O) groups excluding carboxylic acids is 3. The Morgan fingerprint density at radius 1 is 1.10 bits per heavy atom. The van der Waals surface area contributed by atoms with Crippen molar-refractivity contribution in [3.05, 3.63) is 58.5 Å². The number of pyridine rings is 2. The molecular weight excluding hydrogens is 576 g/mol. The number of aryl methyl sites for hydroxylation is 2. The molecular formula is C28H27BrN8O3. The van der Waals surface area contributed by atoms with E-state index >= 15 is 0 Å². The lowest BCUT2D eigenvalue weighted by molar-refractivity contribution is -0.138. The van der Waals surface area contributed by atoms with E-state index in [1.165, 1.54) is 11.6 Å². The van der Waals surface area contributed by atoms with E-state index in [1.54, 1.807) is 36.5 Å². The maximum absolute atomic E-state index is 13.8. The van der Waals surface area contributed by atoms with Gasteiger partial charge in [0.2, 0.25) is 11.8 Å². The van der Waals surface area contributed by atoms with E-state index in [9.17, 15) is 14.4 Å². The largest absolute Gasteiger partial charge is 0.325 e. The van der Waals surface area contributed by atoms with E-state index < -0.39 is 6.04 Å². The number of amides is 2. The quantitative estimate of drug-likeness (QED) is 0.259. The zero-order valence-corrected chi connectivity index (χ0v) is 24.1. The summed E-state index contributed by atoms with van der Waals surface area (Å²) in [6.45, 7) is 7.09. The number of hydrogen-bond acceptors (Lipinski definition) is 8. The SMILES string of the molecule is CC(=O)c1nn(CC(=O)N2[C@H](C(=O)Nc3nc(Br)ccc3C)C[C@@]3(C)C[C@@H]23)c2cnc(-c3cnc(C)nc3)cc12. The number of hydrogen-bond donors (Lipinski definition) is 1. The minimum atomic E-state index is -0.628. The minimum Gasteiger partial charge on any atom is -0.325 e. The molecule has 5 heterocycles. The smallest absolute Gasteiger partial charge is 0.248 e. The summed E-state index contributed by atoms with van der Waals surface area (Å²) < 4.78 is 2.12. The van der Waals surface area contributed by atoms with Gasteiger partial charge >= 0.3 is 0 Å². The Kier molecular flexibility index (Phi) is 6.25. The lowest BCUT2D eigenvalue weighted by Crippen LogP contribution is -2.47. The van der Waals surface area contributed by atoms with Crippen molar-refractivity contribution in [2.24, 2.45) is 5.41 Å². The average molecular weight is 603 g/mol. The molecule has 11 nitrogen and oxygen atoms in total. The maximum Gasteiger partial charge on any atom is 0.248 e. The maximum atomic E-state index is 13.8.